The van der Waals surface area contributed by atoms with E-state index in [-0.39, 0.29) is 12.5 Å². The molecule has 2 heteroatoms. The lowest BCUT2D eigenvalue weighted by Gasteiger charge is -2.30. The molecular formula is C8H15FO. The summed E-state index contributed by atoms with van der Waals surface area (Å²) in [4.78, 5) is 0. The molecule has 0 amide bonds. The van der Waals surface area contributed by atoms with Crippen LogP contribution in [0.1, 0.15) is 32.6 Å². The van der Waals surface area contributed by atoms with E-state index in [2.05, 4.69) is 0 Å². The standard InChI is InChI=1S/C8H15FO/c1-8(9)4-2-3-7(5-8)6-10/h7,10H,2-6H2,1H3. The van der Waals surface area contributed by atoms with Gasteiger partial charge in [0.15, 0.2) is 0 Å². The van der Waals surface area contributed by atoms with Crippen molar-refractivity contribution in [1.82, 2.24) is 0 Å². The van der Waals surface area contributed by atoms with Gasteiger partial charge in [0.25, 0.3) is 0 Å². The third kappa shape index (κ3) is 1.94. The fraction of sp³-hybridized carbons (Fsp3) is 1.00. The second kappa shape index (κ2) is 2.87. The molecular weight excluding hydrogens is 131 g/mol. The van der Waals surface area contributed by atoms with Crippen molar-refractivity contribution in [2.75, 3.05) is 6.61 Å². The molecule has 0 aromatic rings. The molecule has 0 aliphatic heterocycles. The maximum atomic E-state index is 13.2. The van der Waals surface area contributed by atoms with Gasteiger partial charge in [0, 0.05) is 6.61 Å². The van der Waals surface area contributed by atoms with E-state index in [1.807, 2.05) is 0 Å². The van der Waals surface area contributed by atoms with Crippen LogP contribution in [-0.2, 0) is 0 Å². The normalized spacial score (nSPS) is 41.7. The predicted octanol–water partition coefficient (Wildman–Crippen LogP) is 1.90. The molecule has 1 fully saturated rings. The molecule has 1 aliphatic rings. The van der Waals surface area contributed by atoms with Crippen LogP contribution in [0.15, 0.2) is 0 Å². The highest BCUT2D eigenvalue weighted by atomic mass is 19.1. The van der Waals surface area contributed by atoms with E-state index < -0.39 is 5.67 Å². The average molecular weight is 146 g/mol. The molecule has 0 bridgehead atoms. The Bertz CT molecular complexity index is 112. The Morgan fingerprint density at radius 1 is 1.70 bits per heavy atom. The van der Waals surface area contributed by atoms with Gasteiger partial charge in [-0.2, -0.15) is 0 Å². The van der Waals surface area contributed by atoms with Crippen LogP contribution in [0.4, 0.5) is 4.39 Å². The lowest BCUT2D eigenvalue weighted by molar-refractivity contribution is 0.0667. The molecule has 10 heavy (non-hydrogen) atoms. The van der Waals surface area contributed by atoms with E-state index in [0.29, 0.717) is 12.8 Å². The summed E-state index contributed by atoms with van der Waals surface area (Å²) in [6.45, 7) is 1.79. The lowest BCUT2D eigenvalue weighted by atomic mass is 9.81. The van der Waals surface area contributed by atoms with Gasteiger partial charge < -0.3 is 5.11 Å². The molecule has 1 rings (SSSR count). The molecule has 0 aromatic carbocycles. The molecule has 2 unspecified atom stereocenters. The Balaban J connectivity index is 2.40. The topological polar surface area (TPSA) is 20.2 Å². The minimum absolute atomic E-state index is 0.152. The van der Waals surface area contributed by atoms with E-state index in [9.17, 15) is 4.39 Å². The number of halogens is 1. The molecule has 0 aromatic heterocycles. The fourth-order valence-electron chi connectivity index (χ4n) is 1.72. The van der Waals surface area contributed by atoms with Gasteiger partial charge in [-0.15, -0.1) is 0 Å². The summed E-state index contributed by atoms with van der Waals surface area (Å²) in [6, 6.07) is 0. The summed E-state index contributed by atoms with van der Waals surface area (Å²) in [7, 11) is 0. The van der Waals surface area contributed by atoms with Crippen LogP contribution in [-0.4, -0.2) is 17.4 Å². The number of rotatable bonds is 1. The number of hydrogen-bond donors (Lipinski definition) is 1. The summed E-state index contributed by atoms with van der Waals surface area (Å²) in [5, 5.41) is 8.76. The zero-order chi connectivity index (χ0) is 7.61. The monoisotopic (exact) mass is 146 g/mol. The van der Waals surface area contributed by atoms with Gasteiger partial charge in [0.2, 0.25) is 0 Å². The number of aliphatic hydroxyl groups excluding tert-OH is 1. The average Bonchev–Trinajstić information content (AvgIpc) is 1.86. The van der Waals surface area contributed by atoms with E-state index in [4.69, 9.17) is 5.11 Å². The van der Waals surface area contributed by atoms with Gasteiger partial charge in [-0.3, -0.25) is 0 Å². The molecule has 2 atom stereocenters. The Morgan fingerprint density at radius 2 is 2.40 bits per heavy atom. The minimum atomic E-state index is -1.01. The van der Waals surface area contributed by atoms with Crippen molar-refractivity contribution in [2.24, 2.45) is 5.92 Å². The SMILES string of the molecule is CC1(F)CCCC(CO)C1. The minimum Gasteiger partial charge on any atom is -0.396 e. The molecule has 1 N–H and O–H groups in total. The van der Waals surface area contributed by atoms with E-state index >= 15 is 0 Å². The zero-order valence-corrected chi connectivity index (χ0v) is 6.44. The van der Waals surface area contributed by atoms with Crippen LogP contribution in [0.2, 0.25) is 0 Å². The maximum Gasteiger partial charge on any atom is 0.108 e. The highest BCUT2D eigenvalue weighted by molar-refractivity contribution is 4.82. The first kappa shape index (κ1) is 7.99. The van der Waals surface area contributed by atoms with Gasteiger partial charge in [0.1, 0.15) is 5.67 Å². The highest BCUT2D eigenvalue weighted by Crippen LogP contribution is 2.34. The largest absolute Gasteiger partial charge is 0.396 e. The molecule has 1 aliphatic carbocycles. The smallest absolute Gasteiger partial charge is 0.108 e. The van der Waals surface area contributed by atoms with Crippen molar-refractivity contribution >= 4 is 0 Å². The summed E-state index contributed by atoms with van der Waals surface area (Å²) >= 11 is 0. The molecule has 0 heterocycles. The quantitative estimate of drug-likeness (QED) is 0.599. The molecule has 0 spiro atoms. The number of aliphatic hydroxyl groups is 1. The summed E-state index contributed by atoms with van der Waals surface area (Å²) < 4.78 is 13.2. The summed E-state index contributed by atoms with van der Waals surface area (Å²) in [5.74, 6) is 0.212. The van der Waals surface area contributed by atoms with Gasteiger partial charge in [-0.1, -0.05) is 0 Å². The first-order chi connectivity index (χ1) is 4.64. The first-order valence-corrected chi connectivity index (χ1v) is 3.94. The van der Waals surface area contributed by atoms with E-state index in [0.717, 1.165) is 12.8 Å². The van der Waals surface area contributed by atoms with Gasteiger partial charge in [-0.05, 0) is 38.5 Å². The molecule has 0 radical (unpaired) electrons. The van der Waals surface area contributed by atoms with Crippen LogP contribution in [0.25, 0.3) is 0 Å². The van der Waals surface area contributed by atoms with E-state index in [1.54, 1.807) is 6.92 Å². The zero-order valence-electron chi connectivity index (χ0n) is 6.44. The Kier molecular flexibility index (Phi) is 2.29. The van der Waals surface area contributed by atoms with Crippen LogP contribution in [0, 0.1) is 5.92 Å². The molecule has 1 nitrogen and oxygen atoms in total. The second-order valence-corrected chi connectivity index (χ2v) is 3.56. The Labute approximate surface area is 61.2 Å². The van der Waals surface area contributed by atoms with Crippen molar-refractivity contribution in [3.63, 3.8) is 0 Å². The van der Waals surface area contributed by atoms with Crippen LogP contribution >= 0.6 is 0 Å². The second-order valence-electron chi connectivity index (χ2n) is 3.56. The van der Waals surface area contributed by atoms with Gasteiger partial charge in [0.05, 0.1) is 0 Å². The van der Waals surface area contributed by atoms with Gasteiger partial charge in [-0.25, -0.2) is 4.39 Å². The molecule has 1 saturated carbocycles. The van der Waals surface area contributed by atoms with E-state index in [1.165, 1.54) is 0 Å². The molecule has 60 valence electrons. The van der Waals surface area contributed by atoms with Crippen LogP contribution in [0.3, 0.4) is 0 Å². The van der Waals surface area contributed by atoms with Crippen molar-refractivity contribution < 1.29 is 9.50 Å². The number of alkyl halides is 1. The van der Waals surface area contributed by atoms with Crippen molar-refractivity contribution in [2.45, 2.75) is 38.3 Å². The molecule has 0 saturated heterocycles. The van der Waals surface area contributed by atoms with Gasteiger partial charge >= 0.3 is 0 Å². The van der Waals surface area contributed by atoms with Crippen molar-refractivity contribution in [3.8, 4) is 0 Å². The number of hydrogen-bond acceptors (Lipinski definition) is 1. The third-order valence-corrected chi connectivity index (χ3v) is 2.28. The lowest BCUT2D eigenvalue weighted by Crippen LogP contribution is -2.28. The van der Waals surface area contributed by atoms with Crippen molar-refractivity contribution in [3.05, 3.63) is 0 Å². The maximum absolute atomic E-state index is 13.2. The summed E-state index contributed by atoms with van der Waals surface area (Å²) in [5.41, 5.74) is -1.01. The summed E-state index contributed by atoms with van der Waals surface area (Å²) in [6.07, 6.45) is 3.14. The Hall–Kier alpha value is -0.110. The van der Waals surface area contributed by atoms with Crippen LogP contribution < -0.4 is 0 Å². The Morgan fingerprint density at radius 3 is 2.80 bits per heavy atom. The first-order valence-electron chi connectivity index (χ1n) is 3.94. The third-order valence-electron chi connectivity index (χ3n) is 2.28. The van der Waals surface area contributed by atoms with Crippen LogP contribution in [0.5, 0.6) is 0 Å². The predicted molar refractivity (Wildman–Crippen MR) is 38.6 cm³/mol. The van der Waals surface area contributed by atoms with Crippen molar-refractivity contribution in [1.29, 1.82) is 0 Å². The fourth-order valence-corrected chi connectivity index (χ4v) is 1.72. The highest BCUT2D eigenvalue weighted by Gasteiger charge is 2.31.